The highest BCUT2D eigenvalue weighted by atomic mass is 16.5. The van der Waals surface area contributed by atoms with Crippen molar-refractivity contribution in [3.63, 3.8) is 0 Å². The highest BCUT2D eigenvalue weighted by Gasteiger charge is 2.02. The summed E-state index contributed by atoms with van der Waals surface area (Å²) in [5.74, 6) is -0.0486. The molecular formula is C27H52O3. The Hall–Kier alpha value is -0.830. The van der Waals surface area contributed by atoms with Gasteiger partial charge in [-0.3, -0.25) is 4.79 Å². The summed E-state index contributed by atoms with van der Waals surface area (Å²) in [5, 5.41) is 0. The van der Waals surface area contributed by atoms with E-state index in [9.17, 15) is 4.79 Å². The SMILES string of the molecule is CCCCCCCC/C=C\CCCCCCCCCCCC(=O)OCCCOCC. The first-order chi connectivity index (χ1) is 14.8. The molecule has 0 heterocycles. The van der Waals surface area contributed by atoms with Gasteiger partial charge in [0.05, 0.1) is 6.61 Å². The predicted molar refractivity (Wildman–Crippen MR) is 130 cm³/mol. The number of unbranched alkanes of at least 4 members (excludes halogenated alkanes) is 15. The number of carbonyl (C=O) groups is 1. The van der Waals surface area contributed by atoms with E-state index in [1.54, 1.807) is 0 Å². The average molecular weight is 425 g/mol. The van der Waals surface area contributed by atoms with Gasteiger partial charge in [-0.05, 0) is 39.0 Å². The molecule has 0 spiro atoms. The minimum atomic E-state index is -0.0486. The molecule has 178 valence electrons. The summed E-state index contributed by atoms with van der Waals surface area (Å²) in [6.45, 7) is 6.15. The maximum Gasteiger partial charge on any atom is 0.305 e. The zero-order valence-electron chi connectivity index (χ0n) is 20.4. The van der Waals surface area contributed by atoms with Crippen LogP contribution in [0, 0.1) is 0 Å². The molecule has 30 heavy (non-hydrogen) atoms. The van der Waals surface area contributed by atoms with Gasteiger partial charge in [0.25, 0.3) is 0 Å². The highest BCUT2D eigenvalue weighted by Crippen LogP contribution is 2.12. The van der Waals surface area contributed by atoms with Gasteiger partial charge in [-0.25, -0.2) is 0 Å². The molecule has 0 radical (unpaired) electrons. The smallest absolute Gasteiger partial charge is 0.305 e. The molecule has 0 N–H and O–H groups in total. The minimum Gasteiger partial charge on any atom is -0.466 e. The molecule has 0 atom stereocenters. The summed E-state index contributed by atoms with van der Waals surface area (Å²) in [5.41, 5.74) is 0. The Morgan fingerprint density at radius 3 is 1.63 bits per heavy atom. The number of rotatable bonds is 24. The molecule has 0 aliphatic heterocycles. The van der Waals surface area contributed by atoms with Gasteiger partial charge < -0.3 is 9.47 Å². The van der Waals surface area contributed by atoms with Gasteiger partial charge in [0.1, 0.15) is 0 Å². The molecule has 0 rings (SSSR count). The topological polar surface area (TPSA) is 35.5 Å². The second kappa shape index (κ2) is 26.2. The third-order valence-corrected chi connectivity index (χ3v) is 5.54. The molecule has 0 aromatic carbocycles. The first-order valence-corrected chi connectivity index (χ1v) is 13.2. The molecule has 0 aliphatic rings. The molecule has 0 unspecified atom stereocenters. The molecule has 0 fully saturated rings. The predicted octanol–water partition coefficient (Wildman–Crippen LogP) is 8.55. The van der Waals surface area contributed by atoms with Gasteiger partial charge >= 0.3 is 5.97 Å². The molecule has 3 nitrogen and oxygen atoms in total. The summed E-state index contributed by atoms with van der Waals surface area (Å²) in [4.78, 5) is 11.6. The van der Waals surface area contributed by atoms with Crippen molar-refractivity contribution in [2.75, 3.05) is 19.8 Å². The van der Waals surface area contributed by atoms with E-state index in [4.69, 9.17) is 9.47 Å². The molecular weight excluding hydrogens is 372 g/mol. The van der Waals surface area contributed by atoms with Crippen LogP contribution in [0.2, 0.25) is 0 Å². The fourth-order valence-corrected chi connectivity index (χ4v) is 3.61. The largest absolute Gasteiger partial charge is 0.466 e. The number of allylic oxidation sites excluding steroid dienone is 2. The van der Waals surface area contributed by atoms with Crippen LogP contribution in [0.3, 0.4) is 0 Å². The van der Waals surface area contributed by atoms with Crippen molar-refractivity contribution in [3.8, 4) is 0 Å². The normalized spacial score (nSPS) is 11.4. The van der Waals surface area contributed by atoms with E-state index < -0.39 is 0 Å². The molecule has 0 saturated heterocycles. The quantitative estimate of drug-likeness (QED) is 0.0884. The lowest BCUT2D eigenvalue weighted by Crippen LogP contribution is -2.07. The van der Waals surface area contributed by atoms with Crippen molar-refractivity contribution >= 4 is 5.97 Å². The lowest BCUT2D eigenvalue weighted by molar-refractivity contribution is -0.144. The van der Waals surface area contributed by atoms with E-state index in [0.29, 0.717) is 19.6 Å². The lowest BCUT2D eigenvalue weighted by Gasteiger charge is -2.05. The molecule has 3 heteroatoms. The van der Waals surface area contributed by atoms with Crippen LogP contribution in [0.25, 0.3) is 0 Å². The Balaban J connectivity index is 3.15. The maximum absolute atomic E-state index is 11.6. The van der Waals surface area contributed by atoms with Crippen LogP contribution in [0.15, 0.2) is 12.2 Å². The van der Waals surface area contributed by atoms with Crippen LogP contribution < -0.4 is 0 Å². The highest BCUT2D eigenvalue weighted by molar-refractivity contribution is 5.69. The minimum absolute atomic E-state index is 0.0486. The summed E-state index contributed by atoms with van der Waals surface area (Å²) >= 11 is 0. The van der Waals surface area contributed by atoms with E-state index in [1.165, 1.54) is 96.3 Å². The van der Waals surface area contributed by atoms with E-state index in [1.807, 2.05) is 6.92 Å². The number of hydrogen-bond acceptors (Lipinski definition) is 3. The van der Waals surface area contributed by atoms with Crippen LogP contribution in [-0.2, 0) is 14.3 Å². The number of ether oxygens (including phenoxy) is 2. The fraction of sp³-hybridized carbons (Fsp3) is 0.889. The number of carbonyl (C=O) groups excluding carboxylic acids is 1. The first kappa shape index (κ1) is 29.2. The van der Waals surface area contributed by atoms with Crippen molar-refractivity contribution in [2.45, 2.75) is 136 Å². The van der Waals surface area contributed by atoms with Gasteiger partial charge in [-0.2, -0.15) is 0 Å². The molecule has 0 aromatic rings. The Morgan fingerprint density at radius 2 is 1.10 bits per heavy atom. The Morgan fingerprint density at radius 1 is 0.600 bits per heavy atom. The van der Waals surface area contributed by atoms with E-state index in [2.05, 4.69) is 19.1 Å². The zero-order valence-corrected chi connectivity index (χ0v) is 20.4. The van der Waals surface area contributed by atoms with Crippen molar-refractivity contribution in [1.82, 2.24) is 0 Å². The van der Waals surface area contributed by atoms with Crippen LogP contribution in [0.4, 0.5) is 0 Å². The fourth-order valence-electron chi connectivity index (χ4n) is 3.61. The Kier molecular flexibility index (Phi) is 25.5. The monoisotopic (exact) mass is 424 g/mol. The first-order valence-electron chi connectivity index (χ1n) is 13.2. The second-order valence-corrected chi connectivity index (χ2v) is 8.52. The van der Waals surface area contributed by atoms with E-state index in [0.717, 1.165) is 25.9 Å². The Bertz CT molecular complexity index is 365. The summed E-state index contributed by atoms with van der Waals surface area (Å²) in [7, 11) is 0. The average Bonchev–Trinajstić information content (AvgIpc) is 2.75. The van der Waals surface area contributed by atoms with E-state index in [-0.39, 0.29) is 5.97 Å². The van der Waals surface area contributed by atoms with Crippen molar-refractivity contribution in [1.29, 1.82) is 0 Å². The van der Waals surface area contributed by atoms with Crippen LogP contribution >= 0.6 is 0 Å². The molecule has 0 saturated carbocycles. The molecule has 0 bridgehead atoms. The summed E-state index contributed by atoms with van der Waals surface area (Å²) in [6, 6.07) is 0. The van der Waals surface area contributed by atoms with Gasteiger partial charge in [-0.15, -0.1) is 0 Å². The van der Waals surface area contributed by atoms with Gasteiger partial charge in [0.2, 0.25) is 0 Å². The van der Waals surface area contributed by atoms with Crippen LogP contribution in [-0.4, -0.2) is 25.8 Å². The van der Waals surface area contributed by atoms with Crippen molar-refractivity contribution < 1.29 is 14.3 Å². The number of esters is 1. The standard InChI is InChI=1S/C27H52O3/c1-3-5-6-7-8-9-10-11-12-13-14-15-16-17-18-19-20-21-22-24-27(28)30-26-23-25-29-4-2/h11-12H,3-10,13-26H2,1-2H3/b12-11-. The van der Waals surface area contributed by atoms with Gasteiger partial charge in [0, 0.05) is 26.1 Å². The van der Waals surface area contributed by atoms with Crippen LogP contribution in [0.1, 0.15) is 136 Å². The zero-order chi connectivity index (χ0) is 22.0. The van der Waals surface area contributed by atoms with E-state index >= 15 is 0 Å². The van der Waals surface area contributed by atoms with Gasteiger partial charge in [-0.1, -0.05) is 96.1 Å². The summed E-state index contributed by atoms with van der Waals surface area (Å²) in [6.07, 6.45) is 28.5. The van der Waals surface area contributed by atoms with Crippen molar-refractivity contribution in [2.24, 2.45) is 0 Å². The van der Waals surface area contributed by atoms with Crippen LogP contribution in [0.5, 0.6) is 0 Å². The van der Waals surface area contributed by atoms with Crippen molar-refractivity contribution in [3.05, 3.63) is 12.2 Å². The third kappa shape index (κ3) is 25.2. The second-order valence-electron chi connectivity index (χ2n) is 8.52. The third-order valence-electron chi connectivity index (χ3n) is 5.54. The molecule has 0 aliphatic carbocycles. The number of hydrogen-bond donors (Lipinski definition) is 0. The lowest BCUT2D eigenvalue weighted by atomic mass is 10.1. The summed E-state index contributed by atoms with van der Waals surface area (Å²) < 4.78 is 10.4. The Labute approximate surface area is 188 Å². The van der Waals surface area contributed by atoms with Gasteiger partial charge in [0.15, 0.2) is 0 Å². The maximum atomic E-state index is 11.6. The molecule has 0 aromatic heterocycles. The molecule has 0 amide bonds.